The first-order valence-corrected chi connectivity index (χ1v) is 6.11. The van der Waals surface area contributed by atoms with Crippen LogP contribution < -0.4 is 5.32 Å². The van der Waals surface area contributed by atoms with Crippen LogP contribution in [0.3, 0.4) is 0 Å². The maximum atomic E-state index is 4.14. The molecule has 14 heavy (non-hydrogen) atoms. The quantitative estimate of drug-likeness (QED) is 0.863. The Morgan fingerprint density at radius 2 is 2.21 bits per heavy atom. The third kappa shape index (κ3) is 2.37. The predicted molar refractivity (Wildman–Crippen MR) is 59.8 cm³/mol. The van der Waals surface area contributed by atoms with E-state index in [0.717, 1.165) is 23.0 Å². The lowest BCUT2D eigenvalue weighted by Crippen LogP contribution is -2.04. The van der Waals surface area contributed by atoms with Crippen molar-refractivity contribution in [3.8, 4) is 0 Å². The van der Waals surface area contributed by atoms with Gasteiger partial charge in [0.2, 0.25) is 0 Å². The minimum absolute atomic E-state index is 0.807. The van der Waals surface area contributed by atoms with Crippen LogP contribution in [-0.4, -0.2) is 17.2 Å². The molecule has 0 aliphatic heterocycles. The monoisotopic (exact) mass is 225 g/mol. The molecule has 5 heteroatoms. The number of hydrogen-bond donors (Lipinski definition) is 1. The van der Waals surface area contributed by atoms with Crippen molar-refractivity contribution in [2.45, 2.75) is 13.0 Å². The fourth-order valence-electron chi connectivity index (χ4n) is 1.15. The fraction of sp³-hybridized carbons (Fsp3) is 0.333. The van der Waals surface area contributed by atoms with Crippen LogP contribution in [0.2, 0.25) is 0 Å². The molecule has 0 spiro atoms. The zero-order valence-electron chi connectivity index (χ0n) is 7.86. The summed E-state index contributed by atoms with van der Waals surface area (Å²) in [5.41, 5.74) is 1.32. The second-order valence-corrected chi connectivity index (χ2v) is 4.85. The van der Waals surface area contributed by atoms with Crippen LogP contribution in [0.1, 0.15) is 15.6 Å². The van der Waals surface area contributed by atoms with Crippen LogP contribution in [0.25, 0.3) is 0 Å². The van der Waals surface area contributed by atoms with Crippen molar-refractivity contribution in [2.24, 2.45) is 0 Å². The first-order valence-electron chi connectivity index (χ1n) is 4.35. The zero-order chi connectivity index (χ0) is 9.80. The van der Waals surface area contributed by atoms with E-state index in [1.807, 2.05) is 7.05 Å². The van der Waals surface area contributed by atoms with E-state index in [1.165, 1.54) is 5.56 Å². The van der Waals surface area contributed by atoms with Crippen molar-refractivity contribution >= 4 is 22.7 Å². The van der Waals surface area contributed by atoms with Gasteiger partial charge in [-0.3, -0.25) is 0 Å². The summed E-state index contributed by atoms with van der Waals surface area (Å²) in [6.45, 7) is 0.807. The zero-order valence-corrected chi connectivity index (χ0v) is 9.49. The van der Waals surface area contributed by atoms with Gasteiger partial charge in [0.1, 0.15) is 10.0 Å². The topological polar surface area (TPSA) is 37.8 Å². The Labute approximate surface area is 90.8 Å². The van der Waals surface area contributed by atoms with Crippen LogP contribution in [0.15, 0.2) is 16.8 Å². The standard InChI is InChI=1S/C9H11N3S2/c1-10-5-9-12-11-8(14-9)4-7-2-3-13-6-7/h2-3,6,10H,4-5H2,1H3. The van der Waals surface area contributed by atoms with Gasteiger partial charge in [0.15, 0.2) is 0 Å². The maximum absolute atomic E-state index is 4.14. The molecule has 0 fully saturated rings. The molecule has 0 saturated carbocycles. The highest BCUT2D eigenvalue weighted by molar-refractivity contribution is 7.11. The molecule has 0 amide bonds. The second kappa shape index (κ2) is 4.63. The van der Waals surface area contributed by atoms with E-state index in [2.05, 4.69) is 32.3 Å². The van der Waals surface area contributed by atoms with E-state index >= 15 is 0 Å². The molecule has 0 radical (unpaired) electrons. The van der Waals surface area contributed by atoms with Gasteiger partial charge >= 0.3 is 0 Å². The first-order chi connectivity index (χ1) is 6.88. The van der Waals surface area contributed by atoms with E-state index in [9.17, 15) is 0 Å². The Kier molecular flexibility index (Phi) is 3.23. The molecule has 0 saturated heterocycles. The molecule has 1 N–H and O–H groups in total. The van der Waals surface area contributed by atoms with Gasteiger partial charge in [-0.15, -0.1) is 10.2 Å². The SMILES string of the molecule is CNCc1nnc(Cc2ccsc2)s1. The van der Waals surface area contributed by atoms with Gasteiger partial charge in [-0.2, -0.15) is 11.3 Å². The van der Waals surface area contributed by atoms with Crippen molar-refractivity contribution in [1.29, 1.82) is 0 Å². The van der Waals surface area contributed by atoms with Gasteiger partial charge in [-0.25, -0.2) is 0 Å². The second-order valence-electron chi connectivity index (χ2n) is 2.93. The summed E-state index contributed by atoms with van der Waals surface area (Å²) in [4.78, 5) is 0. The molecule has 2 rings (SSSR count). The predicted octanol–water partition coefficient (Wildman–Crippen LogP) is 1.91. The Morgan fingerprint density at radius 3 is 2.93 bits per heavy atom. The highest BCUT2D eigenvalue weighted by atomic mass is 32.1. The van der Waals surface area contributed by atoms with Crippen LogP contribution in [0.5, 0.6) is 0 Å². The molecule has 2 aromatic rings. The van der Waals surface area contributed by atoms with Crippen molar-refractivity contribution in [3.63, 3.8) is 0 Å². The van der Waals surface area contributed by atoms with Gasteiger partial charge < -0.3 is 5.32 Å². The summed E-state index contributed by atoms with van der Waals surface area (Å²) in [5, 5.41) is 17.7. The lowest BCUT2D eigenvalue weighted by Gasteiger charge is -1.90. The third-order valence-electron chi connectivity index (χ3n) is 1.77. The summed E-state index contributed by atoms with van der Waals surface area (Å²) < 4.78 is 0. The average molecular weight is 225 g/mol. The molecule has 2 aromatic heterocycles. The molecular formula is C9H11N3S2. The van der Waals surface area contributed by atoms with E-state index in [0.29, 0.717) is 0 Å². The number of hydrogen-bond acceptors (Lipinski definition) is 5. The van der Waals surface area contributed by atoms with Crippen LogP contribution in [-0.2, 0) is 13.0 Å². The highest BCUT2D eigenvalue weighted by Gasteiger charge is 2.04. The molecule has 74 valence electrons. The van der Waals surface area contributed by atoms with Gasteiger partial charge in [-0.05, 0) is 29.4 Å². The van der Waals surface area contributed by atoms with Crippen LogP contribution in [0, 0.1) is 0 Å². The smallest absolute Gasteiger partial charge is 0.131 e. The number of rotatable bonds is 4. The highest BCUT2D eigenvalue weighted by Crippen LogP contribution is 2.16. The number of aromatic nitrogens is 2. The summed E-state index contributed by atoms with van der Waals surface area (Å²) >= 11 is 3.40. The van der Waals surface area contributed by atoms with E-state index in [4.69, 9.17) is 0 Å². The maximum Gasteiger partial charge on any atom is 0.131 e. The fourth-order valence-corrected chi connectivity index (χ4v) is 2.71. The van der Waals surface area contributed by atoms with Crippen molar-refractivity contribution < 1.29 is 0 Å². The molecule has 0 aromatic carbocycles. The molecule has 0 unspecified atom stereocenters. The summed E-state index contributed by atoms with van der Waals surface area (Å²) in [5.74, 6) is 0. The summed E-state index contributed by atoms with van der Waals surface area (Å²) in [6.07, 6.45) is 0.908. The Morgan fingerprint density at radius 1 is 1.36 bits per heavy atom. The number of thiophene rings is 1. The van der Waals surface area contributed by atoms with Crippen molar-refractivity contribution in [2.75, 3.05) is 7.05 Å². The molecule has 3 nitrogen and oxygen atoms in total. The van der Waals surface area contributed by atoms with E-state index in [1.54, 1.807) is 22.7 Å². The molecule has 0 aliphatic rings. The average Bonchev–Trinajstić information content (AvgIpc) is 2.79. The largest absolute Gasteiger partial charge is 0.313 e. The van der Waals surface area contributed by atoms with Gasteiger partial charge in [0.05, 0.1) is 0 Å². The number of nitrogens with zero attached hydrogens (tertiary/aromatic N) is 2. The van der Waals surface area contributed by atoms with Crippen molar-refractivity contribution in [1.82, 2.24) is 15.5 Å². The summed E-state index contributed by atoms with van der Waals surface area (Å²) in [7, 11) is 1.92. The Bertz CT molecular complexity index is 380. The lowest BCUT2D eigenvalue weighted by atomic mass is 10.3. The van der Waals surface area contributed by atoms with Crippen molar-refractivity contribution in [3.05, 3.63) is 32.4 Å². The first kappa shape index (κ1) is 9.76. The Balaban J connectivity index is 2.03. The molecule has 0 aliphatic carbocycles. The molecule has 0 atom stereocenters. The van der Waals surface area contributed by atoms with E-state index in [-0.39, 0.29) is 0 Å². The normalized spacial score (nSPS) is 10.6. The van der Waals surface area contributed by atoms with Gasteiger partial charge in [0.25, 0.3) is 0 Å². The van der Waals surface area contributed by atoms with Crippen LogP contribution in [0.4, 0.5) is 0 Å². The molecular weight excluding hydrogens is 214 g/mol. The Hall–Kier alpha value is -0.780. The van der Waals surface area contributed by atoms with Gasteiger partial charge in [-0.1, -0.05) is 11.3 Å². The minimum atomic E-state index is 0.807. The minimum Gasteiger partial charge on any atom is -0.313 e. The molecule has 2 heterocycles. The number of nitrogens with one attached hydrogen (secondary N) is 1. The lowest BCUT2D eigenvalue weighted by molar-refractivity contribution is 0.791. The van der Waals surface area contributed by atoms with Gasteiger partial charge in [0, 0.05) is 13.0 Å². The third-order valence-corrected chi connectivity index (χ3v) is 3.43. The van der Waals surface area contributed by atoms with E-state index < -0.39 is 0 Å². The summed E-state index contributed by atoms with van der Waals surface area (Å²) in [6, 6.07) is 2.13. The van der Waals surface area contributed by atoms with Crippen LogP contribution >= 0.6 is 22.7 Å². The molecule has 0 bridgehead atoms.